The third-order valence-corrected chi connectivity index (χ3v) is 3.64. The molecule has 0 saturated heterocycles. The van der Waals surface area contributed by atoms with Crippen LogP contribution in [0.1, 0.15) is 33.7 Å². The van der Waals surface area contributed by atoms with E-state index in [1.807, 2.05) is 12.1 Å². The highest BCUT2D eigenvalue weighted by Crippen LogP contribution is 2.30. The van der Waals surface area contributed by atoms with Crippen molar-refractivity contribution in [2.45, 2.75) is 6.04 Å². The molecular weight excluding hydrogens is 313 g/mol. The quantitative estimate of drug-likeness (QED) is 0.779. The van der Waals surface area contributed by atoms with E-state index >= 15 is 0 Å². The van der Waals surface area contributed by atoms with E-state index in [1.165, 1.54) is 23.0 Å². The standard InChI is InChI=1S/C16H10FN5O2/c17-10-5-3-7-18-12(10)13-15-20-14(16(23)24)21-22(15)11-6-2-1-4-9(11)8-19-13/h1-8,13H,(H,23,24). The maximum Gasteiger partial charge on any atom is 0.375 e. The number of pyridine rings is 1. The van der Waals surface area contributed by atoms with Gasteiger partial charge >= 0.3 is 5.97 Å². The van der Waals surface area contributed by atoms with Crippen molar-refractivity contribution in [1.82, 2.24) is 19.7 Å². The molecule has 1 unspecified atom stereocenters. The minimum Gasteiger partial charge on any atom is -0.475 e. The fourth-order valence-electron chi connectivity index (χ4n) is 2.57. The lowest BCUT2D eigenvalue weighted by Crippen LogP contribution is -2.10. The Balaban J connectivity index is 1.99. The predicted molar refractivity (Wildman–Crippen MR) is 82.0 cm³/mol. The van der Waals surface area contributed by atoms with Crippen molar-refractivity contribution in [2.24, 2.45) is 4.99 Å². The van der Waals surface area contributed by atoms with E-state index in [2.05, 4.69) is 20.1 Å². The van der Waals surface area contributed by atoms with Gasteiger partial charge in [0.05, 0.1) is 5.69 Å². The Morgan fingerprint density at radius 3 is 2.83 bits per heavy atom. The molecule has 3 aromatic rings. The number of aromatic carboxylic acids is 1. The van der Waals surface area contributed by atoms with Crippen LogP contribution < -0.4 is 0 Å². The first-order valence-electron chi connectivity index (χ1n) is 7.08. The Labute approximate surface area is 135 Å². The first-order chi connectivity index (χ1) is 11.6. The van der Waals surface area contributed by atoms with Gasteiger partial charge in [-0.25, -0.2) is 18.9 Å². The summed E-state index contributed by atoms with van der Waals surface area (Å²) < 4.78 is 15.6. The minimum absolute atomic E-state index is 0.0622. The van der Waals surface area contributed by atoms with Crippen LogP contribution >= 0.6 is 0 Å². The summed E-state index contributed by atoms with van der Waals surface area (Å²) in [6.07, 6.45) is 3.04. The number of carboxylic acids is 1. The SMILES string of the molecule is O=C(O)c1nc2n(n1)-c1ccccc1C=NC2c1ncccc1F. The molecule has 0 amide bonds. The smallest absolute Gasteiger partial charge is 0.375 e. The van der Waals surface area contributed by atoms with Crippen molar-refractivity contribution in [2.75, 3.05) is 0 Å². The van der Waals surface area contributed by atoms with Crippen LogP contribution in [0, 0.1) is 5.82 Å². The van der Waals surface area contributed by atoms with Gasteiger partial charge in [0.2, 0.25) is 0 Å². The second kappa shape index (κ2) is 5.34. The molecule has 1 atom stereocenters. The number of nitrogens with zero attached hydrogens (tertiary/aromatic N) is 5. The fraction of sp³-hybridized carbons (Fsp3) is 0.0625. The molecular formula is C16H10FN5O2. The predicted octanol–water partition coefficient (Wildman–Crippen LogP) is 2.02. The number of carboxylic acid groups (broad SMARTS) is 1. The summed E-state index contributed by atoms with van der Waals surface area (Å²) in [6, 6.07) is 9.04. The maximum atomic E-state index is 14.2. The zero-order valence-electron chi connectivity index (χ0n) is 12.2. The molecule has 118 valence electrons. The Kier molecular flexibility index (Phi) is 3.16. The number of carbonyl (C=O) groups is 1. The van der Waals surface area contributed by atoms with Gasteiger partial charge in [-0.1, -0.05) is 18.2 Å². The highest BCUT2D eigenvalue weighted by molar-refractivity contribution is 5.86. The average Bonchev–Trinajstić information content (AvgIpc) is 2.96. The first-order valence-corrected chi connectivity index (χ1v) is 7.08. The van der Waals surface area contributed by atoms with Gasteiger partial charge in [-0.2, -0.15) is 0 Å². The van der Waals surface area contributed by atoms with Gasteiger partial charge < -0.3 is 5.11 Å². The van der Waals surface area contributed by atoms with E-state index in [9.17, 15) is 14.3 Å². The van der Waals surface area contributed by atoms with Gasteiger partial charge in [0.15, 0.2) is 11.9 Å². The molecule has 0 bridgehead atoms. The fourth-order valence-corrected chi connectivity index (χ4v) is 2.57. The molecule has 4 rings (SSSR count). The van der Waals surface area contributed by atoms with Crippen LogP contribution in [-0.4, -0.2) is 37.0 Å². The van der Waals surface area contributed by atoms with Crippen LogP contribution in [0.25, 0.3) is 5.69 Å². The van der Waals surface area contributed by atoms with E-state index < -0.39 is 17.8 Å². The van der Waals surface area contributed by atoms with Gasteiger partial charge in [-0.05, 0) is 18.2 Å². The number of aromatic nitrogens is 4. The molecule has 1 aliphatic rings. The lowest BCUT2D eigenvalue weighted by Gasteiger charge is -2.11. The second-order valence-corrected chi connectivity index (χ2v) is 5.12. The summed E-state index contributed by atoms with van der Waals surface area (Å²) in [7, 11) is 0. The lowest BCUT2D eigenvalue weighted by molar-refractivity contribution is 0.0683. The maximum absolute atomic E-state index is 14.2. The topological polar surface area (TPSA) is 93.3 Å². The number of benzene rings is 1. The monoisotopic (exact) mass is 323 g/mol. The summed E-state index contributed by atoms with van der Waals surface area (Å²) in [4.78, 5) is 23.7. The van der Waals surface area contributed by atoms with Gasteiger partial charge in [0, 0.05) is 18.0 Å². The molecule has 1 aromatic carbocycles. The zero-order chi connectivity index (χ0) is 16.7. The molecule has 0 fully saturated rings. The van der Waals surface area contributed by atoms with Gasteiger partial charge in [-0.15, -0.1) is 5.10 Å². The molecule has 0 aliphatic carbocycles. The minimum atomic E-state index is -1.27. The molecule has 0 saturated carbocycles. The Hall–Kier alpha value is -3.42. The summed E-state index contributed by atoms with van der Waals surface area (Å²) >= 11 is 0. The summed E-state index contributed by atoms with van der Waals surface area (Å²) in [5, 5.41) is 13.2. The Bertz CT molecular complexity index is 982. The molecule has 2 aromatic heterocycles. The van der Waals surface area contributed by atoms with Crippen molar-refractivity contribution in [1.29, 1.82) is 0 Å². The van der Waals surface area contributed by atoms with Crippen LogP contribution in [0.2, 0.25) is 0 Å². The van der Waals surface area contributed by atoms with Crippen molar-refractivity contribution >= 4 is 12.2 Å². The van der Waals surface area contributed by atoms with Gasteiger partial charge in [-0.3, -0.25) is 9.98 Å². The number of aliphatic imine (C=N–C) groups is 1. The van der Waals surface area contributed by atoms with E-state index in [-0.39, 0.29) is 17.3 Å². The highest BCUT2D eigenvalue weighted by atomic mass is 19.1. The number of para-hydroxylation sites is 1. The summed E-state index contributed by atoms with van der Waals surface area (Å²) in [5.74, 6) is -1.99. The Morgan fingerprint density at radius 2 is 2.04 bits per heavy atom. The highest BCUT2D eigenvalue weighted by Gasteiger charge is 2.29. The number of fused-ring (bicyclic) bond motifs is 3. The van der Waals surface area contributed by atoms with Crippen molar-refractivity contribution in [3.8, 4) is 5.69 Å². The molecule has 8 heteroatoms. The van der Waals surface area contributed by atoms with Crippen molar-refractivity contribution in [3.05, 3.63) is 71.3 Å². The third-order valence-electron chi connectivity index (χ3n) is 3.64. The lowest BCUT2D eigenvalue weighted by atomic mass is 10.1. The third kappa shape index (κ3) is 2.16. The number of halogens is 1. The van der Waals surface area contributed by atoms with Gasteiger partial charge in [0.25, 0.3) is 5.82 Å². The molecule has 3 heterocycles. The Morgan fingerprint density at radius 1 is 1.21 bits per heavy atom. The van der Waals surface area contributed by atoms with E-state index in [4.69, 9.17) is 0 Å². The number of hydrogen-bond donors (Lipinski definition) is 1. The van der Waals surface area contributed by atoms with Crippen LogP contribution in [-0.2, 0) is 0 Å². The van der Waals surface area contributed by atoms with Crippen LogP contribution in [0.15, 0.2) is 47.6 Å². The average molecular weight is 323 g/mol. The van der Waals surface area contributed by atoms with Crippen LogP contribution in [0.3, 0.4) is 0 Å². The van der Waals surface area contributed by atoms with Crippen molar-refractivity contribution in [3.63, 3.8) is 0 Å². The van der Waals surface area contributed by atoms with E-state index in [0.717, 1.165) is 5.56 Å². The zero-order valence-corrected chi connectivity index (χ0v) is 12.2. The normalized spacial score (nSPS) is 15.5. The molecule has 1 aliphatic heterocycles. The molecule has 1 N–H and O–H groups in total. The second-order valence-electron chi connectivity index (χ2n) is 5.12. The largest absolute Gasteiger partial charge is 0.475 e. The van der Waals surface area contributed by atoms with E-state index in [1.54, 1.807) is 18.3 Å². The number of rotatable bonds is 2. The van der Waals surface area contributed by atoms with Gasteiger partial charge in [0.1, 0.15) is 11.5 Å². The van der Waals surface area contributed by atoms with Crippen LogP contribution in [0.5, 0.6) is 0 Å². The summed E-state index contributed by atoms with van der Waals surface area (Å²) in [6.45, 7) is 0. The number of hydrogen-bond acceptors (Lipinski definition) is 5. The first kappa shape index (κ1) is 14.2. The van der Waals surface area contributed by atoms with Crippen LogP contribution in [0.4, 0.5) is 4.39 Å². The van der Waals surface area contributed by atoms with Crippen molar-refractivity contribution < 1.29 is 14.3 Å². The molecule has 0 spiro atoms. The molecule has 7 nitrogen and oxygen atoms in total. The molecule has 0 radical (unpaired) electrons. The van der Waals surface area contributed by atoms with E-state index in [0.29, 0.717) is 5.69 Å². The summed E-state index contributed by atoms with van der Waals surface area (Å²) in [5.41, 5.74) is 1.40. The molecule has 24 heavy (non-hydrogen) atoms.